The predicted molar refractivity (Wildman–Crippen MR) is 107 cm³/mol. The maximum Gasteiger partial charge on any atom is 0.225 e. The second-order valence-corrected chi connectivity index (χ2v) is 6.18. The zero-order valence-corrected chi connectivity index (χ0v) is 16.5. The molecule has 3 N–H and O–H groups in total. The fraction of sp³-hybridized carbons (Fsp3) is 0.421. The number of pyridine rings is 1. The zero-order valence-electron chi connectivity index (χ0n) is 15.7. The Bertz CT molecular complexity index is 798. The third-order valence-corrected chi connectivity index (χ3v) is 4.32. The monoisotopic (exact) mass is 389 g/mol. The summed E-state index contributed by atoms with van der Waals surface area (Å²) in [5.41, 5.74) is 1.24. The largest absolute Gasteiger partial charge is 0.481 e. The Hall–Kier alpha value is -2.56. The van der Waals surface area contributed by atoms with E-state index in [1.54, 1.807) is 26.4 Å². The smallest absolute Gasteiger partial charge is 0.225 e. The highest BCUT2D eigenvalue weighted by Crippen LogP contribution is 2.22. The number of aliphatic hydroxyl groups excluding tert-OH is 1. The van der Waals surface area contributed by atoms with Crippen molar-refractivity contribution in [3.63, 3.8) is 0 Å². The van der Waals surface area contributed by atoms with E-state index >= 15 is 0 Å². The van der Waals surface area contributed by atoms with Crippen molar-refractivity contribution in [1.29, 1.82) is 0 Å². The average Bonchev–Trinajstić information content (AvgIpc) is 2.70. The number of methoxy groups -OCH3 is 1. The Labute approximate surface area is 164 Å². The summed E-state index contributed by atoms with van der Waals surface area (Å²) in [7, 11) is 3.29. The van der Waals surface area contributed by atoms with Gasteiger partial charge in [0.25, 0.3) is 0 Å². The van der Waals surface area contributed by atoms with Crippen molar-refractivity contribution in [2.24, 2.45) is 5.92 Å². The molecule has 2 heterocycles. The van der Waals surface area contributed by atoms with Gasteiger partial charge in [0.2, 0.25) is 11.8 Å². The molecule has 0 aliphatic rings. The van der Waals surface area contributed by atoms with E-state index in [9.17, 15) is 5.11 Å². The lowest BCUT2D eigenvalue weighted by Gasteiger charge is -2.14. The molecule has 0 saturated carbocycles. The number of aromatic nitrogens is 3. The van der Waals surface area contributed by atoms with Gasteiger partial charge in [0.15, 0.2) is 5.15 Å². The van der Waals surface area contributed by atoms with Crippen LogP contribution in [0, 0.1) is 17.8 Å². The standard InChI is InChI=1S/C19H24ClN5O2/c1-4-13(12-26)9-10-22-18-15(17(20)24-19(21-2)25-18)7-5-14-6-8-16(27-3)23-11-14/h6,8,11,13,26H,4,9-10,12H2,1-3H3,(H2,21,22,24,25). The van der Waals surface area contributed by atoms with Crippen LogP contribution >= 0.6 is 11.6 Å². The van der Waals surface area contributed by atoms with Gasteiger partial charge in [-0.2, -0.15) is 9.97 Å². The van der Waals surface area contributed by atoms with Gasteiger partial charge in [-0.15, -0.1) is 0 Å². The minimum Gasteiger partial charge on any atom is -0.481 e. The topological polar surface area (TPSA) is 92.2 Å². The Morgan fingerprint density at radius 2 is 2.11 bits per heavy atom. The van der Waals surface area contributed by atoms with Crippen molar-refractivity contribution in [3.8, 4) is 17.7 Å². The van der Waals surface area contributed by atoms with Crippen LogP contribution in [0.25, 0.3) is 0 Å². The van der Waals surface area contributed by atoms with Gasteiger partial charge >= 0.3 is 0 Å². The van der Waals surface area contributed by atoms with Crippen LogP contribution in [-0.2, 0) is 0 Å². The average molecular weight is 390 g/mol. The first-order valence-electron chi connectivity index (χ1n) is 8.73. The molecule has 2 aromatic heterocycles. The predicted octanol–water partition coefficient (Wildman–Crippen LogP) is 2.80. The van der Waals surface area contributed by atoms with Crippen LogP contribution in [0.3, 0.4) is 0 Å². The van der Waals surface area contributed by atoms with E-state index in [0.717, 1.165) is 18.4 Å². The summed E-state index contributed by atoms with van der Waals surface area (Å²) >= 11 is 6.31. The molecule has 0 fully saturated rings. The van der Waals surface area contributed by atoms with Crippen molar-refractivity contribution in [1.82, 2.24) is 15.0 Å². The van der Waals surface area contributed by atoms with E-state index in [4.69, 9.17) is 16.3 Å². The molecular weight excluding hydrogens is 366 g/mol. The SMILES string of the molecule is CCC(CO)CCNc1nc(NC)nc(Cl)c1C#Cc1ccc(OC)nc1. The molecule has 0 aromatic carbocycles. The van der Waals surface area contributed by atoms with Crippen LogP contribution in [0.5, 0.6) is 5.88 Å². The van der Waals surface area contributed by atoms with Crippen LogP contribution in [0.1, 0.15) is 30.9 Å². The number of hydrogen-bond donors (Lipinski definition) is 3. The Morgan fingerprint density at radius 1 is 1.30 bits per heavy atom. The van der Waals surface area contributed by atoms with Crippen LogP contribution in [0.4, 0.5) is 11.8 Å². The minimum atomic E-state index is 0.168. The summed E-state index contributed by atoms with van der Waals surface area (Å²) in [5.74, 6) is 7.79. The van der Waals surface area contributed by atoms with Gasteiger partial charge in [0.1, 0.15) is 11.4 Å². The quantitative estimate of drug-likeness (QED) is 0.472. The molecule has 0 aliphatic heterocycles. The maximum absolute atomic E-state index is 9.33. The third-order valence-electron chi connectivity index (χ3n) is 4.05. The summed E-state index contributed by atoms with van der Waals surface area (Å²) in [6, 6.07) is 3.56. The second-order valence-electron chi connectivity index (χ2n) is 5.82. The van der Waals surface area contributed by atoms with Gasteiger partial charge in [-0.1, -0.05) is 36.8 Å². The molecule has 0 spiro atoms. The Kier molecular flexibility index (Phi) is 8.11. The van der Waals surface area contributed by atoms with Crippen LogP contribution in [0.2, 0.25) is 5.15 Å². The number of anilines is 2. The van der Waals surface area contributed by atoms with Gasteiger partial charge in [-0.3, -0.25) is 0 Å². The molecule has 0 radical (unpaired) electrons. The van der Waals surface area contributed by atoms with Gasteiger partial charge in [-0.05, 0) is 18.4 Å². The highest BCUT2D eigenvalue weighted by Gasteiger charge is 2.12. The van der Waals surface area contributed by atoms with E-state index in [-0.39, 0.29) is 17.7 Å². The number of nitrogens with one attached hydrogen (secondary N) is 2. The van der Waals surface area contributed by atoms with E-state index in [0.29, 0.717) is 29.8 Å². The van der Waals surface area contributed by atoms with Crippen molar-refractivity contribution in [2.75, 3.05) is 37.9 Å². The molecule has 144 valence electrons. The van der Waals surface area contributed by atoms with Crippen LogP contribution in [0.15, 0.2) is 18.3 Å². The summed E-state index contributed by atoms with van der Waals surface area (Å²) < 4.78 is 5.04. The molecular formula is C19H24ClN5O2. The van der Waals surface area contributed by atoms with Gasteiger partial charge < -0.3 is 20.5 Å². The number of ether oxygens (including phenoxy) is 1. The van der Waals surface area contributed by atoms with Gasteiger partial charge in [-0.25, -0.2) is 4.98 Å². The molecule has 8 heteroatoms. The number of halogens is 1. The highest BCUT2D eigenvalue weighted by atomic mass is 35.5. The molecule has 7 nitrogen and oxygen atoms in total. The molecule has 0 saturated heterocycles. The second kappa shape index (κ2) is 10.6. The lowest BCUT2D eigenvalue weighted by atomic mass is 10.0. The molecule has 0 aliphatic carbocycles. The normalized spacial score (nSPS) is 11.3. The molecule has 2 rings (SSSR count). The van der Waals surface area contributed by atoms with E-state index in [2.05, 4.69) is 44.4 Å². The molecule has 2 aromatic rings. The number of nitrogens with zero attached hydrogens (tertiary/aromatic N) is 3. The van der Waals surface area contributed by atoms with Crippen LogP contribution < -0.4 is 15.4 Å². The number of rotatable bonds is 8. The first-order chi connectivity index (χ1) is 13.1. The molecule has 0 bridgehead atoms. The first kappa shape index (κ1) is 20.7. The van der Waals surface area contributed by atoms with Gasteiger partial charge in [0, 0.05) is 38.0 Å². The maximum atomic E-state index is 9.33. The lowest BCUT2D eigenvalue weighted by Crippen LogP contribution is -2.14. The molecule has 1 unspecified atom stereocenters. The Morgan fingerprint density at radius 3 is 2.70 bits per heavy atom. The summed E-state index contributed by atoms with van der Waals surface area (Å²) in [6.45, 7) is 2.87. The highest BCUT2D eigenvalue weighted by molar-refractivity contribution is 6.31. The lowest BCUT2D eigenvalue weighted by molar-refractivity contribution is 0.217. The summed E-state index contributed by atoms with van der Waals surface area (Å²) in [6.07, 6.45) is 3.36. The van der Waals surface area contributed by atoms with Crippen LogP contribution in [-0.4, -0.2) is 47.4 Å². The van der Waals surface area contributed by atoms with E-state index in [1.165, 1.54) is 0 Å². The molecule has 1 atom stereocenters. The fourth-order valence-electron chi connectivity index (χ4n) is 2.31. The zero-order chi connectivity index (χ0) is 19.6. The Balaban J connectivity index is 2.24. The van der Waals surface area contributed by atoms with Crippen molar-refractivity contribution in [3.05, 3.63) is 34.6 Å². The first-order valence-corrected chi connectivity index (χ1v) is 9.11. The summed E-state index contributed by atoms with van der Waals surface area (Å²) in [5, 5.41) is 15.7. The third kappa shape index (κ3) is 5.98. The summed E-state index contributed by atoms with van der Waals surface area (Å²) in [4.78, 5) is 12.7. The minimum absolute atomic E-state index is 0.168. The molecule has 0 amide bonds. The van der Waals surface area contributed by atoms with Crippen molar-refractivity contribution in [2.45, 2.75) is 19.8 Å². The van der Waals surface area contributed by atoms with E-state index < -0.39 is 0 Å². The van der Waals surface area contributed by atoms with Crippen molar-refractivity contribution < 1.29 is 9.84 Å². The van der Waals surface area contributed by atoms with Crippen molar-refractivity contribution >= 4 is 23.4 Å². The number of aliphatic hydroxyl groups is 1. The molecule has 27 heavy (non-hydrogen) atoms. The van der Waals surface area contributed by atoms with E-state index in [1.807, 2.05) is 6.07 Å². The fourth-order valence-corrected chi connectivity index (χ4v) is 2.53. The number of hydrogen-bond acceptors (Lipinski definition) is 7. The van der Waals surface area contributed by atoms with Gasteiger partial charge in [0.05, 0.1) is 7.11 Å².